The summed E-state index contributed by atoms with van der Waals surface area (Å²) in [4.78, 5) is 191. The Morgan fingerprint density at radius 3 is 1.90 bits per heavy atom. The number of carbonyl (C=O) groups excluding carboxylic acids is 12. The third-order valence-electron chi connectivity index (χ3n) is 21.6. The van der Waals surface area contributed by atoms with E-state index in [4.69, 9.17) is 4.74 Å². The van der Waals surface area contributed by atoms with Crippen LogP contribution in [0.15, 0.2) is 48.6 Å². The molecule has 5 aliphatic rings. The van der Waals surface area contributed by atoms with Gasteiger partial charge in [-0.2, -0.15) is 13.2 Å². The van der Waals surface area contributed by atoms with Gasteiger partial charge in [-0.05, 0) is 119 Å². The van der Waals surface area contributed by atoms with E-state index in [1.165, 1.54) is 80.9 Å². The Morgan fingerprint density at radius 1 is 0.695 bits per heavy atom. The van der Waals surface area contributed by atoms with Gasteiger partial charge in [-0.3, -0.25) is 57.5 Å². The van der Waals surface area contributed by atoms with E-state index in [1.807, 2.05) is 20.8 Å². The number of aryl methyl sites for hydroxylation is 2. The van der Waals surface area contributed by atoms with Crippen molar-refractivity contribution in [1.82, 2.24) is 60.0 Å². The smallest absolute Gasteiger partial charge is 0.377 e. The maximum absolute atomic E-state index is 15.5. The molecule has 1 spiro atoms. The predicted molar refractivity (Wildman–Crippen MR) is 378 cm³/mol. The number of nitrogens with one attached hydrogen (secondary N) is 3. The molecule has 0 aromatic heterocycles. The third-order valence-corrected chi connectivity index (χ3v) is 21.6. The van der Waals surface area contributed by atoms with E-state index < -0.39 is 198 Å². The molecule has 0 radical (unpaired) electrons. The standard InChI is InChI=1S/C75H107F5N12O13/c1-15-46(6)63-71(102)86(10)43-61(95)87(11)54-25-18-17-21-34-91(70(54)101)58(38-47-28-26-45(5)27-29-47)69(100)85(9)42-59(93)81-53(31-30-48-36-51(76)62(52(77)37-48)75(78,79)80)67(98)92-41-50(105-16-2)39-56(92)66(97)83-74(32-22-33-74)73(104)90(14)64(49-23-19-20-24-49)72(103)89(13)57(68(99)84(7)8)40-60(94)88(12)55(35-44(3)4)65(96)82-63/h17-18,26-29,36-37,44,46,49-50,53-58,63-64H,15-16,19-25,30-35,38-43H2,1-14H3,(H,81,93)(H,82,96)(H,83,97)/b18-17-/t46-,50+,53+,54-,55-,56-,57-,58-,63-,64-/m0/s1. The number of amides is 12. The Balaban J connectivity index is 1.34. The van der Waals surface area contributed by atoms with Gasteiger partial charge in [-0.1, -0.05) is 88.9 Å². The molecule has 0 unspecified atom stereocenters. The second kappa shape index (κ2) is 36.1. The average molecular weight is 1480 g/mol. The van der Waals surface area contributed by atoms with Crippen LogP contribution in [0, 0.1) is 36.3 Å². The molecular weight excluding hydrogens is 1370 g/mol. The van der Waals surface area contributed by atoms with Crippen LogP contribution in [0.2, 0.25) is 0 Å². The molecule has 2 aliphatic carbocycles. The number of likely N-dealkylation sites (N-methyl/N-ethyl adjacent to an activating group) is 7. The number of hydrogen-bond donors (Lipinski definition) is 3. The highest BCUT2D eigenvalue weighted by Gasteiger charge is 2.54. The van der Waals surface area contributed by atoms with Crippen molar-refractivity contribution in [3.63, 3.8) is 0 Å². The molecule has 3 heterocycles. The van der Waals surface area contributed by atoms with Crippen molar-refractivity contribution in [3.05, 3.63) is 82.4 Å². The van der Waals surface area contributed by atoms with Gasteiger partial charge in [0, 0.05) is 88.9 Å². The minimum atomic E-state index is -5.42. The van der Waals surface area contributed by atoms with Gasteiger partial charge in [0.1, 0.15) is 71.1 Å². The van der Waals surface area contributed by atoms with Gasteiger partial charge in [-0.25, -0.2) is 8.78 Å². The fourth-order valence-corrected chi connectivity index (χ4v) is 14.9. The number of rotatable bonds is 13. The summed E-state index contributed by atoms with van der Waals surface area (Å²) in [5.74, 6) is -14.1. The highest BCUT2D eigenvalue weighted by molar-refractivity contribution is 6.01. The molecule has 2 saturated carbocycles. The maximum atomic E-state index is 15.5. The second-order valence-electron chi connectivity index (χ2n) is 29.8. The summed E-state index contributed by atoms with van der Waals surface area (Å²) in [6.45, 7) is 9.11. The summed E-state index contributed by atoms with van der Waals surface area (Å²) in [7, 11) is 11.1. The number of ether oxygens (including phenoxy) is 1. The monoisotopic (exact) mass is 1480 g/mol. The van der Waals surface area contributed by atoms with Crippen molar-refractivity contribution >= 4 is 70.9 Å². The number of benzene rings is 2. The average Bonchev–Trinajstić information content (AvgIpc) is 1.67. The van der Waals surface area contributed by atoms with Crippen LogP contribution in [0.3, 0.4) is 0 Å². The molecule has 2 aromatic rings. The van der Waals surface area contributed by atoms with Crippen molar-refractivity contribution < 1.29 is 84.2 Å². The van der Waals surface area contributed by atoms with Crippen LogP contribution in [-0.2, 0) is 81.3 Å². The van der Waals surface area contributed by atoms with Crippen LogP contribution in [0.25, 0.3) is 0 Å². The molecule has 3 aliphatic heterocycles. The van der Waals surface area contributed by atoms with E-state index in [0.717, 1.165) is 25.2 Å². The summed E-state index contributed by atoms with van der Waals surface area (Å²) in [5.41, 5.74) is -2.67. The Morgan fingerprint density at radius 2 is 1.32 bits per heavy atom. The van der Waals surface area contributed by atoms with Crippen LogP contribution in [-0.4, -0.2) is 264 Å². The number of hydrogen-bond acceptors (Lipinski definition) is 13. The van der Waals surface area contributed by atoms with Crippen molar-refractivity contribution in [2.75, 3.05) is 89.2 Å². The number of fused-ring (bicyclic) bond motifs is 3. The first-order valence-corrected chi connectivity index (χ1v) is 36.5. The Hall–Kier alpha value is -8.57. The first-order valence-electron chi connectivity index (χ1n) is 36.5. The van der Waals surface area contributed by atoms with Gasteiger partial charge >= 0.3 is 6.18 Å². The maximum Gasteiger partial charge on any atom is 0.422 e. The van der Waals surface area contributed by atoms with Crippen LogP contribution >= 0.6 is 0 Å². The fourth-order valence-electron chi connectivity index (χ4n) is 14.9. The molecule has 4 fully saturated rings. The van der Waals surface area contributed by atoms with Gasteiger partial charge in [0.25, 0.3) is 0 Å². The summed E-state index contributed by atoms with van der Waals surface area (Å²) in [6.07, 6.45) is -1.10. The number of carbonyl (C=O) groups is 12. The summed E-state index contributed by atoms with van der Waals surface area (Å²) >= 11 is 0. The molecule has 10 atom stereocenters. The van der Waals surface area contributed by atoms with Crippen LogP contribution in [0.4, 0.5) is 22.0 Å². The summed E-state index contributed by atoms with van der Waals surface area (Å²) < 4.78 is 77.9. The summed E-state index contributed by atoms with van der Waals surface area (Å²) in [6, 6.07) is -2.98. The Labute approximate surface area is 612 Å². The molecular formula is C75H107F5N12O13. The quantitative estimate of drug-likeness (QED) is 0.176. The van der Waals surface area contributed by atoms with Crippen molar-refractivity contribution in [2.24, 2.45) is 17.8 Å². The van der Waals surface area contributed by atoms with Gasteiger partial charge < -0.3 is 64.8 Å². The topological polar surface area (TPSA) is 279 Å². The molecule has 3 N–H and O–H groups in total. The normalized spacial score (nSPS) is 26.3. The Bertz CT molecular complexity index is 3530. The van der Waals surface area contributed by atoms with E-state index >= 15 is 37.5 Å². The molecule has 12 amide bonds. The lowest BCUT2D eigenvalue weighted by atomic mass is 9.74. The van der Waals surface area contributed by atoms with Crippen LogP contribution < -0.4 is 16.0 Å². The molecule has 30 heteroatoms. The Kier molecular flexibility index (Phi) is 28.8. The lowest BCUT2D eigenvalue weighted by Crippen LogP contribution is -2.68. The lowest BCUT2D eigenvalue weighted by Gasteiger charge is -2.46. The number of halogens is 5. The highest BCUT2D eigenvalue weighted by atomic mass is 19.4. The fraction of sp³-hybridized carbons (Fsp3) is 0.653. The number of alkyl halides is 3. The van der Waals surface area contributed by atoms with Crippen LogP contribution in [0.5, 0.6) is 0 Å². The molecule has 580 valence electrons. The van der Waals surface area contributed by atoms with E-state index in [9.17, 15) is 41.9 Å². The number of nitrogens with zero attached hydrogens (tertiary/aromatic N) is 9. The minimum absolute atomic E-state index is 0.0338. The first kappa shape index (κ1) is 83.7. The molecule has 105 heavy (non-hydrogen) atoms. The van der Waals surface area contributed by atoms with Crippen LogP contribution in [0.1, 0.15) is 147 Å². The molecule has 2 saturated heterocycles. The van der Waals surface area contributed by atoms with Crippen molar-refractivity contribution in [1.29, 1.82) is 0 Å². The van der Waals surface area contributed by atoms with Gasteiger partial charge in [0.15, 0.2) is 0 Å². The zero-order valence-corrected chi connectivity index (χ0v) is 63.1. The van der Waals surface area contributed by atoms with Gasteiger partial charge in [-0.15, -0.1) is 0 Å². The van der Waals surface area contributed by atoms with Gasteiger partial charge in [0.2, 0.25) is 70.9 Å². The first-order chi connectivity index (χ1) is 49.4. The highest BCUT2D eigenvalue weighted by Crippen LogP contribution is 2.39. The van der Waals surface area contributed by atoms with E-state index in [0.29, 0.717) is 56.2 Å². The largest absolute Gasteiger partial charge is 0.422 e. The molecule has 2 bridgehead atoms. The zero-order valence-electron chi connectivity index (χ0n) is 63.1. The lowest BCUT2D eigenvalue weighted by molar-refractivity contribution is -0.158. The van der Waals surface area contributed by atoms with Crippen molar-refractivity contribution in [3.8, 4) is 0 Å². The second-order valence-corrected chi connectivity index (χ2v) is 29.8. The zero-order chi connectivity index (χ0) is 77.9. The molecule has 25 nitrogen and oxygen atoms in total. The SMILES string of the molecule is CCO[C@@H]1C[C@H]2C(=O)NC3(CCC3)C(=O)N(C)[C@@H](C3CCCC3)C(=O)N(C)[C@H](C(=O)N(C)C)CC(=O)N(C)[C@@H](CC(C)C)C(=O)N[C@@H]([C@@H](C)CC)C(=O)N(C)CC(=O)N(C)[C@H]3C/C=C\CCN(C3=O)[C@@H](Cc3ccc(C)cc3)C(=O)N(C)CC(=O)N[C@H](CCc3cc(F)c(C(F)(F)F)c(F)c3)C(=O)N2C1. The minimum Gasteiger partial charge on any atom is -0.377 e. The molecule has 7 rings (SSSR count). The summed E-state index contributed by atoms with van der Waals surface area (Å²) in [5, 5.41) is 8.45. The van der Waals surface area contributed by atoms with E-state index in [1.54, 1.807) is 57.2 Å². The molecule has 2 aromatic carbocycles. The van der Waals surface area contributed by atoms with Crippen molar-refractivity contribution in [2.45, 2.75) is 210 Å². The van der Waals surface area contributed by atoms with Gasteiger partial charge in [0.05, 0.1) is 25.6 Å². The van der Waals surface area contributed by atoms with E-state index in [-0.39, 0.29) is 76.1 Å². The van der Waals surface area contributed by atoms with E-state index in [2.05, 4.69) is 16.0 Å². The predicted octanol–water partition coefficient (Wildman–Crippen LogP) is 5.03. The third kappa shape index (κ3) is 20.1.